The molecule has 3 N–H and O–H groups in total. The third kappa shape index (κ3) is 2.62. The molecule has 6 heteroatoms. The highest BCUT2D eigenvalue weighted by Gasteiger charge is 2.15. The van der Waals surface area contributed by atoms with Crippen LogP contribution < -0.4 is 11.3 Å². The highest BCUT2D eigenvalue weighted by atomic mass is 35.5. The first-order valence-electron chi connectivity index (χ1n) is 4.86. The van der Waals surface area contributed by atoms with Gasteiger partial charge in [0.1, 0.15) is 0 Å². The Kier molecular flexibility index (Phi) is 4.09. The zero-order chi connectivity index (χ0) is 12.3. The van der Waals surface area contributed by atoms with Crippen LogP contribution in [-0.4, -0.2) is 28.9 Å². The Morgan fingerprint density at radius 3 is 2.69 bits per heavy atom. The van der Waals surface area contributed by atoms with Crippen molar-refractivity contribution in [2.45, 2.75) is 19.9 Å². The van der Waals surface area contributed by atoms with Crippen LogP contribution >= 0.6 is 11.6 Å². The molecular formula is C10H15ClN4O. The molecule has 0 bridgehead atoms. The van der Waals surface area contributed by atoms with E-state index < -0.39 is 0 Å². The Morgan fingerprint density at radius 1 is 1.62 bits per heavy atom. The molecule has 0 saturated carbocycles. The number of nitrogens with one attached hydrogen (secondary N) is 1. The molecule has 0 fully saturated rings. The highest BCUT2D eigenvalue weighted by Crippen LogP contribution is 2.19. The Bertz CT molecular complexity index is 394. The number of amides is 1. The molecule has 1 amide bonds. The second-order valence-electron chi connectivity index (χ2n) is 3.71. The summed E-state index contributed by atoms with van der Waals surface area (Å²) in [5.74, 6) is 5.43. The van der Waals surface area contributed by atoms with E-state index in [1.165, 1.54) is 6.20 Å². The predicted octanol–water partition coefficient (Wildman–Crippen LogP) is 1.50. The summed E-state index contributed by atoms with van der Waals surface area (Å²) in [6.07, 6.45) is 1.45. The van der Waals surface area contributed by atoms with Gasteiger partial charge in [0, 0.05) is 19.3 Å². The molecule has 1 heterocycles. The minimum absolute atomic E-state index is 0.118. The molecule has 0 aromatic carbocycles. The number of pyridine rings is 1. The number of halogens is 1. The molecule has 88 valence electrons. The van der Waals surface area contributed by atoms with E-state index >= 15 is 0 Å². The van der Waals surface area contributed by atoms with Crippen molar-refractivity contribution in [3.63, 3.8) is 0 Å². The summed E-state index contributed by atoms with van der Waals surface area (Å²) in [6.45, 7) is 3.87. The van der Waals surface area contributed by atoms with Gasteiger partial charge in [-0.2, -0.15) is 0 Å². The maximum Gasteiger partial charge on any atom is 0.255 e. The summed E-state index contributed by atoms with van der Waals surface area (Å²) in [5.41, 5.74) is 2.79. The van der Waals surface area contributed by atoms with Crippen molar-refractivity contribution in [3.05, 3.63) is 22.8 Å². The maximum absolute atomic E-state index is 11.9. The number of carbonyl (C=O) groups excluding carboxylic acids is 1. The zero-order valence-corrected chi connectivity index (χ0v) is 10.2. The fourth-order valence-electron chi connectivity index (χ4n) is 1.10. The molecule has 5 nitrogen and oxygen atoms in total. The Balaban J connectivity index is 2.97. The third-order valence-corrected chi connectivity index (χ3v) is 2.61. The van der Waals surface area contributed by atoms with Gasteiger partial charge in [0.15, 0.2) is 5.82 Å². The summed E-state index contributed by atoms with van der Waals surface area (Å²) in [5, 5.41) is 0.325. The minimum Gasteiger partial charge on any atom is -0.339 e. The molecule has 0 spiro atoms. The smallest absolute Gasteiger partial charge is 0.255 e. The van der Waals surface area contributed by atoms with E-state index in [1.807, 2.05) is 13.8 Å². The van der Waals surface area contributed by atoms with E-state index in [1.54, 1.807) is 18.0 Å². The number of hydrazine groups is 1. The first-order valence-corrected chi connectivity index (χ1v) is 5.24. The summed E-state index contributed by atoms with van der Waals surface area (Å²) in [6, 6.07) is 1.67. The summed E-state index contributed by atoms with van der Waals surface area (Å²) < 4.78 is 0. The predicted molar refractivity (Wildman–Crippen MR) is 64.3 cm³/mol. The SMILES string of the molecule is CC(C)N(C)C(=O)c1cnc(NN)c(Cl)c1. The van der Waals surface area contributed by atoms with Crippen LogP contribution in [0.4, 0.5) is 5.82 Å². The molecule has 0 radical (unpaired) electrons. The second-order valence-corrected chi connectivity index (χ2v) is 4.12. The first kappa shape index (κ1) is 12.7. The summed E-state index contributed by atoms with van der Waals surface area (Å²) in [4.78, 5) is 17.5. The van der Waals surface area contributed by atoms with Crippen LogP contribution in [0.1, 0.15) is 24.2 Å². The largest absolute Gasteiger partial charge is 0.339 e. The summed E-state index contributed by atoms with van der Waals surface area (Å²) >= 11 is 5.88. The third-order valence-electron chi connectivity index (χ3n) is 2.32. The Morgan fingerprint density at radius 2 is 2.25 bits per heavy atom. The first-order chi connectivity index (χ1) is 7.47. The van der Waals surface area contributed by atoms with Crippen LogP contribution in [0.2, 0.25) is 5.02 Å². The second kappa shape index (κ2) is 5.14. The van der Waals surface area contributed by atoms with Crippen LogP contribution in [0, 0.1) is 0 Å². The highest BCUT2D eigenvalue weighted by molar-refractivity contribution is 6.33. The van der Waals surface area contributed by atoms with Crippen molar-refractivity contribution in [2.75, 3.05) is 12.5 Å². The van der Waals surface area contributed by atoms with Crippen LogP contribution in [0.5, 0.6) is 0 Å². The molecule has 1 aromatic heterocycles. The zero-order valence-electron chi connectivity index (χ0n) is 9.49. The monoisotopic (exact) mass is 242 g/mol. The topological polar surface area (TPSA) is 71.2 Å². The quantitative estimate of drug-likeness (QED) is 0.623. The van der Waals surface area contributed by atoms with E-state index in [-0.39, 0.29) is 11.9 Å². The van der Waals surface area contributed by atoms with Gasteiger partial charge in [-0.3, -0.25) is 4.79 Å². The molecule has 0 unspecified atom stereocenters. The number of carbonyl (C=O) groups is 1. The van der Waals surface area contributed by atoms with E-state index in [4.69, 9.17) is 17.4 Å². The lowest BCUT2D eigenvalue weighted by Crippen LogP contribution is -2.33. The minimum atomic E-state index is -0.118. The van der Waals surface area contributed by atoms with Crippen molar-refractivity contribution in [3.8, 4) is 0 Å². The van der Waals surface area contributed by atoms with Crippen molar-refractivity contribution in [1.82, 2.24) is 9.88 Å². The van der Waals surface area contributed by atoms with Gasteiger partial charge in [-0.15, -0.1) is 0 Å². The molecule has 1 rings (SSSR count). The molecule has 0 atom stereocenters. The fourth-order valence-corrected chi connectivity index (χ4v) is 1.32. The van der Waals surface area contributed by atoms with E-state index in [0.29, 0.717) is 16.4 Å². The molecule has 0 aliphatic carbocycles. The van der Waals surface area contributed by atoms with Crippen LogP contribution in [0.3, 0.4) is 0 Å². The molecule has 0 saturated heterocycles. The van der Waals surface area contributed by atoms with Gasteiger partial charge >= 0.3 is 0 Å². The van der Waals surface area contributed by atoms with Gasteiger partial charge in [0.2, 0.25) is 0 Å². The van der Waals surface area contributed by atoms with Crippen molar-refractivity contribution in [2.24, 2.45) is 5.84 Å². The standard InChI is InChI=1S/C10H15ClN4O/c1-6(2)15(3)10(16)7-4-8(11)9(14-12)13-5-7/h4-6H,12H2,1-3H3,(H,13,14). The average molecular weight is 243 g/mol. The normalized spacial score (nSPS) is 10.4. The lowest BCUT2D eigenvalue weighted by atomic mass is 10.2. The fraction of sp³-hybridized carbons (Fsp3) is 0.400. The van der Waals surface area contributed by atoms with Gasteiger partial charge in [-0.1, -0.05) is 11.6 Å². The molecule has 0 aliphatic rings. The van der Waals surface area contributed by atoms with E-state index in [0.717, 1.165) is 0 Å². The van der Waals surface area contributed by atoms with Gasteiger partial charge < -0.3 is 10.3 Å². The Labute approximate surface area is 99.6 Å². The number of nitrogen functional groups attached to an aromatic ring is 1. The van der Waals surface area contributed by atoms with Crippen molar-refractivity contribution >= 4 is 23.3 Å². The van der Waals surface area contributed by atoms with E-state index in [9.17, 15) is 4.79 Å². The number of anilines is 1. The average Bonchev–Trinajstić information content (AvgIpc) is 2.26. The molecular weight excluding hydrogens is 228 g/mol. The maximum atomic E-state index is 11.9. The van der Waals surface area contributed by atoms with Crippen molar-refractivity contribution < 1.29 is 4.79 Å². The van der Waals surface area contributed by atoms with Crippen molar-refractivity contribution in [1.29, 1.82) is 0 Å². The number of nitrogens with zero attached hydrogens (tertiary/aromatic N) is 2. The lowest BCUT2D eigenvalue weighted by molar-refractivity contribution is 0.0754. The van der Waals surface area contributed by atoms with Gasteiger partial charge in [-0.05, 0) is 19.9 Å². The number of hydrogen-bond acceptors (Lipinski definition) is 4. The van der Waals surface area contributed by atoms with Crippen LogP contribution in [0.25, 0.3) is 0 Å². The van der Waals surface area contributed by atoms with Gasteiger partial charge in [0.05, 0.1) is 10.6 Å². The lowest BCUT2D eigenvalue weighted by Gasteiger charge is -2.21. The van der Waals surface area contributed by atoms with Crippen LogP contribution in [-0.2, 0) is 0 Å². The number of nitrogens with two attached hydrogens (primary N) is 1. The van der Waals surface area contributed by atoms with E-state index in [2.05, 4.69) is 10.4 Å². The molecule has 0 aliphatic heterocycles. The Hall–Kier alpha value is -1.33. The number of aromatic nitrogens is 1. The number of hydrogen-bond donors (Lipinski definition) is 2. The van der Waals surface area contributed by atoms with Gasteiger partial charge in [-0.25, -0.2) is 10.8 Å². The summed E-state index contributed by atoms with van der Waals surface area (Å²) in [7, 11) is 1.73. The van der Waals surface area contributed by atoms with Crippen LogP contribution in [0.15, 0.2) is 12.3 Å². The van der Waals surface area contributed by atoms with Gasteiger partial charge in [0.25, 0.3) is 5.91 Å². The molecule has 16 heavy (non-hydrogen) atoms. The number of rotatable bonds is 3. The molecule has 1 aromatic rings.